The van der Waals surface area contributed by atoms with E-state index in [2.05, 4.69) is 28.5 Å². The van der Waals surface area contributed by atoms with Crippen molar-refractivity contribution in [2.45, 2.75) is 45.6 Å². The topological polar surface area (TPSA) is 61.0 Å². The summed E-state index contributed by atoms with van der Waals surface area (Å²) in [5.41, 5.74) is 2.45. The molecule has 1 saturated heterocycles. The average molecular weight is 290 g/mol. The quantitative estimate of drug-likeness (QED) is 0.868. The van der Waals surface area contributed by atoms with Gasteiger partial charge in [-0.05, 0) is 50.3 Å². The predicted octanol–water partition coefficient (Wildman–Crippen LogP) is 1.71. The molecule has 2 aliphatic rings. The second-order valence-corrected chi connectivity index (χ2v) is 6.70. The van der Waals surface area contributed by atoms with Crippen LogP contribution in [0.4, 0.5) is 0 Å². The van der Waals surface area contributed by atoms with Gasteiger partial charge in [-0.15, -0.1) is 0 Å². The molecule has 1 spiro atoms. The lowest BCUT2D eigenvalue weighted by molar-refractivity contribution is -0.132. The molecule has 0 bridgehead atoms. The standard InChI is InChI=1S/C16H26N4O/c1-3-4-12-9-13(19-18-12)11-20(2)15(21)14-10-16(14)5-7-17-8-6-16/h9,14,17H,3-8,10-11H2,1-2H3,(H,18,19). The Hall–Kier alpha value is -1.36. The monoisotopic (exact) mass is 290 g/mol. The molecule has 21 heavy (non-hydrogen) atoms. The molecule has 1 unspecified atom stereocenters. The zero-order valence-corrected chi connectivity index (χ0v) is 13.1. The number of aromatic amines is 1. The van der Waals surface area contributed by atoms with E-state index in [1.54, 1.807) is 0 Å². The Bertz CT molecular complexity index is 504. The molecule has 1 aliphatic carbocycles. The van der Waals surface area contributed by atoms with Crippen LogP contribution in [0.25, 0.3) is 0 Å². The van der Waals surface area contributed by atoms with Gasteiger partial charge in [-0.3, -0.25) is 9.89 Å². The molecule has 1 aromatic heterocycles. The Morgan fingerprint density at radius 2 is 2.24 bits per heavy atom. The van der Waals surface area contributed by atoms with Crippen LogP contribution in [0.3, 0.4) is 0 Å². The first kappa shape index (κ1) is 14.6. The van der Waals surface area contributed by atoms with Crippen molar-refractivity contribution in [3.8, 4) is 0 Å². The summed E-state index contributed by atoms with van der Waals surface area (Å²) in [5, 5.41) is 10.7. The third-order valence-electron chi connectivity index (χ3n) is 5.06. The van der Waals surface area contributed by atoms with E-state index in [1.165, 1.54) is 0 Å². The normalized spacial score (nSPS) is 23.2. The van der Waals surface area contributed by atoms with Crippen LogP contribution in [0.1, 0.15) is 44.0 Å². The lowest BCUT2D eigenvalue weighted by Crippen LogP contribution is -2.34. The van der Waals surface area contributed by atoms with Crippen molar-refractivity contribution in [3.05, 3.63) is 17.5 Å². The van der Waals surface area contributed by atoms with E-state index in [1.807, 2.05) is 11.9 Å². The van der Waals surface area contributed by atoms with Gasteiger partial charge in [0.15, 0.2) is 0 Å². The number of hydrogen-bond donors (Lipinski definition) is 2. The van der Waals surface area contributed by atoms with E-state index < -0.39 is 0 Å². The number of carbonyl (C=O) groups excluding carboxylic acids is 1. The molecule has 0 aromatic carbocycles. The molecule has 1 amide bonds. The molecule has 5 nitrogen and oxygen atoms in total. The summed E-state index contributed by atoms with van der Waals surface area (Å²) in [6.45, 7) is 4.92. The summed E-state index contributed by atoms with van der Waals surface area (Å²) in [4.78, 5) is 14.5. The van der Waals surface area contributed by atoms with Crippen molar-refractivity contribution in [2.24, 2.45) is 11.3 Å². The number of aryl methyl sites for hydroxylation is 1. The number of nitrogens with zero attached hydrogens (tertiary/aromatic N) is 2. The summed E-state index contributed by atoms with van der Waals surface area (Å²) in [6.07, 6.45) is 5.48. The van der Waals surface area contributed by atoms with Crippen LogP contribution in [0.5, 0.6) is 0 Å². The fraction of sp³-hybridized carbons (Fsp3) is 0.750. The summed E-state index contributed by atoms with van der Waals surface area (Å²) in [7, 11) is 1.91. The number of rotatable bonds is 5. The Balaban J connectivity index is 1.55. The number of amides is 1. The maximum absolute atomic E-state index is 12.6. The highest BCUT2D eigenvalue weighted by molar-refractivity contribution is 5.82. The highest BCUT2D eigenvalue weighted by Crippen LogP contribution is 2.59. The maximum Gasteiger partial charge on any atom is 0.226 e. The number of H-pyrrole nitrogens is 1. The Kier molecular flexibility index (Phi) is 4.02. The third-order valence-corrected chi connectivity index (χ3v) is 5.06. The van der Waals surface area contributed by atoms with E-state index in [4.69, 9.17) is 0 Å². The first-order valence-electron chi connectivity index (χ1n) is 8.13. The largest absolute Gasteiger partial charge is 0.340 e. The summed E-state index contributed by atoms with van der Waals surface area (Å²) < 4.78 is 0. The van der Waals surface area contributed by atoms with Crippen molar-refractivity contribution in [1.29, 1.82) is 0 Å². The van der Waals surface area contributed by atoms with Crippen LogP contribution in [0.15, 0.2) is 6.07 Å². The van der Waals surface area contributed by atoms with Crippen molar-refractivity contribution < 1.29 is 4.79 Å². The zero-order valence-electron chi connectivity index (χ0n) is 13.1. The Morgan fingerprint density at radius 1 is 1.48 bits per heavy atom. The molecule has 3 rings (SSSR count). The average Bonchev–Trinajstić information content (AvgIpc) is 2.97. The van der Waals surface area contributed by atoms with Crippen LogP contribution in [0, 0.1) is 11.3 Å². The number of hydrogen-bond acceptors (Lipinski definition) is 3. The van der Waals surface area contributed by atoms with E-state index >= 15 is 0 Å². The lowest BCUT2D eigenvalue weighted by atomic mass is 9.91. The van der Waals surface area contributed by atoms with Gasteiger partial charge in [0.05, 0.1) is 17.9 Å². The second kappa shape index (κ2) is 5.79. The van der Waals surface area contributed by atoms with E-state index in [9.17, 15) is 4.79 Å². The molecule has 2 heterocycles. The molecule has 2 fully saturated rings. The summed E-state index contributed by atoms with van der Waals surface area (Å²) >= 11 is 0. The van der Waals surface area contributed by atoms with Crippen LogP contribution >= 0.6 is 0 Å². The molecule has 116 valence electrons. The predicted molar refractivity (Wildman–Crippen MR) is 81.7 cm³/mol. The van der Waals surface area contributed by atoms with Crippen LogP contribution in [0.2, 0.25) is 0 Å². The highest BCUT2D eigenvalue weighted by Gasteiger charge is 2.58. The van der Waals surface area contributed by atoms with Gasteiger partial charge in [-0.25, -0.2) is 0 Å². The minimum Gasteiger partial charge on any atom is -0.340 e. The van der Waals surface area contributed by atoms with E-state index in [0.29, 0.717) is 17.9 Å². The van der Waals surface area contributed by atoms with Crippen LogP contribution in [-0.2, 0) is 17.8 Å². The molecule has 2 N–H and O–H groups in total. The molecular weight excluding hydrogens is 264 g/mol. The number of piperidine rings is 1. The first-order valence-corrected chi connectivity index (χ1v) is 8.13. The molecule has 1 atom stereocenters. The van der Waals surface area contributed by atoms with Gasteiger partial charge in [0.2, 0.25) is 5.91 Å². The van der Waals surface area contributed by atoms with Gasteiger partial charge < -0.3 is 10.2 Å². The molecule has 5 heteroatoms. The van der Waals surface area contributed by atoms with Crippen molar-refractivity contribution in [3.63, 3.8) is 0 Å². The fourth-order valence-corrected chi connectivity index (χ4v) is 3.65. The molecule has 1 saturated carbocycles. The smallest absolute Gasteiger partial charge is 0.226 e. The van der Waals surface area contributed by atoms with Gasteiger partial charge in [-0.2, -0.15) is 5.10 Å². The Labute approximate surface area is 126 Å². The van der Waals surface area contributed by atoms with Crippen LogP contribution in [-0.4, -0.2) is 41.1 Å². The van der Waals surface area contributed by atoms with Gasteiger partial charge in [0.25, 0.3) is 0 Å². The SMILES string of the molecule is CCCc1cc(CN(C)C(=O)C2CC23CCNCC3)[nH]n1. The summed E-state index contributed by atoms with van der Waals surface area (Å²) in [5.74, 6) is 0.561. The van der Waals surface area contributed by atoms with Gasteiger partial charge in [-0.1, -0.05) is 13.3 Å². The number of carbonyl (C=O) groups is 1. The highest BCUT2D eigenvalue weighted by atomic mass is 16.2. The van der Waals surface area contributed by atoms with Gasteiger partial charge >= 0.3 is 0 Å². The minimum absolute atomic E-state index is 0.252. The van der Waals surface area contributed by atoms with E-state index in [0.717, 1.165) is 56.6 Å². The van der Waals surface area contributed by atoms with Crippen molar-refractivity contribution in [1.82, 2.24) is 20.4 Å². The minimum atomic E-state index is 0.252. The third kappa shape index (κ3) is 2.98. The second-order valence-electron chi connectivity index (χ2n) is 6.70. The van der Waals surface area contributed by atoms with Gasteiger partial charge in [0.1, 0.15) is 0 Å². The van der Waals surface area contributed by atoms with Crippen LogP contribution < -0.4 is 5.32 Å². The fourth-order valence-electron chi connectivity index (χ4n) is 3.65. The number of aromatic nitrogens is 2. The molecule has 1 aromatic rings. The molecule has 1 aliphatic heterocycles. The van der Waals surface area contributed by atoms with E-state index in [-0.39, 0.29) is 5.92 Å². The summed E-state index contributed by atoms with van der Waals surface area (Å²) in [6, 6.07) is 2.08. The number of nitrogens with one attached hydrogen (secondary N) is 2. The van der Waals surface area contributed by atoms with Gasteiger partial charge in [0, 0.05) is 13.0 Å². The lowest BCUT2D eigenvalue weighted by Gasteiger charge is -2.25. The zero-order chi connectivity index (χ0) is 14.9. The molecule has 0 radical (unpaired) electrons. The maximum atomic E-state index is 12.6. The van der Waals surface area contributed by atoms with Crippen molar-refractivity contribution in [2.75, 3.05) is 20.1 Å². The molecular formula is C16H26N4O. The first-order chi connectivity index (χ1) is 10.1. The van der Waals surface area contributed by atoms with Crippen molar-refractivity contribution >= 4 is 5.91 Å². The Morgan fingerprint density at radius 3 is 2.95 bits per heavy atom.